The van der Waals surface area contributed by atoms with Gasteiger partial charge < -0.3 is 24.8 Å². The standard InChI is InChI=1S/C17H17F5N2O5/c1-8-12(14(25)29-7-16(18,19)17(20,21)22)13(24-15(26)23-8)10-6-9(27-2)4-5-11(10)28-3/h4-6,13H,7H2,1-3H3,(H2,23,24,26). The van der Waals surface area contributed by atoms with Gasteiger partial charge in [0.2, 0.25) is 0 Å². The zero-order valence-electron chi connectivity index (χ0n) is 15.4. The summed E-state index contributed by atoms with van der Waals surface area (Å²) in [5, 5.41) is 4.64. The third kappa shape index (κ3) is 4.69. The molecule has 1 unspecified atom stereocenters. The van der Waals surface area contributed by atoms with Crippen LogP contribution in [0.3, 0.4) is 0 Å². The smallest absolute Gasteiger partial charge is 0.456 e. The number of carbonyl (C=O) groups is 2. The first kappa shape index (κ1) is 22.2. The van der Waals surface area contributed by atoms with Gasteiger partial charge in [-0.1, -0.05) is 0 Å². The van der Waals surface area contributed by atoms with Crippen molar-refractivity contribution in [2.45, 2.75) is 25.1 Å². The molecule has 1 aliphatic heterocycles. The van der Waals surface area contributed by atoms with Crippen molar-refractivity contribution in [3.63, 3.8) is 0 Å². The van der Waals surface area contributed by atoms with Crippen molar-refractivity contribution in [1.82, 2.24) is 10.6 Å². The van der Waals surface area contributed by atoms with Crippen molar-refractivity contribution in [1.29, 1.82) is 0 Å². The summed E-state index contributed by atoms with van der Waals surface area (Å²) in [6, 6.07) is 2.44. The van der Waals surface area contributed by atoms with Crippen molar-refractivity contribution in [2.75, 3.05) is 20.8 Å². The second-order valence-corrected chi connectivity index (χ2v) is 5.96. The zero-order valence-corrected chi connectivity index (χ0v) is 15.4. The number of alkyl halides is 5. The van der Waals surface area contributed by atoms with E-state index in [1.165, 1.54) is 39.3 Å². The molecule has 0 aromatic heterocycles. The van der Waals surface area contributed by atoms with Crippen LogP contribution in [0.5, 0.6) is 11.5 Å². The Morgan fingerprint density at radius 1 is 1.14 bits per heavy atom. The minimum atomic E-state index is -5.88. The van der Waals surface area contributed by atoms with Gasteiger partial charge in [0.15, 0.2) is 6.61 Å². The van der Waals surface area contributed by atoms with Gasteiger partial charge in [0, 0.05) is 11.3 Å². The van der Waals surface area contributed by atoms with Gasteiger partial charge >= 0.3 is 24.1 Å². The Bertz CT molecular complexity index is 838. The molecule has 0 fully saturated rings. The molecule has 1 aromatic rings. The first-order valence-electron chi connectivity index (χ1n) is 8.03. The number of hydrogen-bond acceptors (Lipinski definition) is 5. The number of nitrogens with one attached hydrogen (secondary N) is 2. The molecule has 2 N–H and O–H groups in total. The highest BCUT2D eigenvalue weighted by molar-refractivity contribution is 5.95. The van der Waals surface area contributed by atoms with Crippen LogP contribution >= 0.6 is 0 Å². The number of allylic oxidation sites excluding steroid dienone is 1. The van der Waals surface area contributed by atoms with Crippen molar-refractivity contribution < 1.29 is 45.8 Å². The SMILES string of the molecule is COc1ccc(OC)c(C2NC(=O)NC(C)=C2C(=O)OCC(F)(F)C(F)(F)F)c1. The summed E-state index contributed by atoms with van der Waals surface area (Å²) in [7, 11) is 2.68. The van der Waals surface area contributed by atoms with Crippen molar-refractivity contribution >= 4 is 12.0 Å². The van der Waals surface area contributed by atoms with Gasteiger partial charge in [0.1, 0.15) is 11.5 Å². The molecule has 0 radical (unpaired) electrons. The molecule has 1 aromatic carbocycles. The molecule has 1 heterocycles. The second kappa shape index (κ2) is 8.13. The Kier molecular flexibility index (Phi) is 6.24. The lowest BCUT2D eigenvalue weighted by Crippen LogP contribution is -2.46. The molecule has 0 saturated carbocycles. The second-order valence-electron chi connectivity index (χ2n) is 5.96. The molecule has 1 atom stereocenters. The lowest BCUT2D eigenvalue weighted by atomic mass is 9.94. The van der Waals surface area contributed by atoms with E-state index in [4.69, 9.17) is 9.47 Å². The number of carbonyl (C=O) groups excluding carboxylic acids is 2. The van der Waals surface area contributed by atoms with Gasteiger partial charge in [-0.2, -0.15) is 22.0 Å². The average molecular weight is 424 g/mol. The van der Waals surface area contributed by atoms with Crippen molar-refractivity contribution in [3.8, 4) is 11.5 Å². The number of benzene rings is 1. The molecular formula is C17H17F5N2O5. The first-order chi connectivity index (χ1) is 13.4. The van der Waals surface area contributed by atoms with E-state index in [2.05, 4.69) is 15.4 Å². The minimum absolute atomic E-state index is 0.0797. The molecule has 0 saturated heterocycles. The van der Waals surface area contributed by atoms with Crippen molar-refractivity contribution in [2.24, 2.45) is 0 Å². The summed E-state index contributed by atoms with van der Waals surface area (Å²) in [6.07, 6.45) is -5.88. The first-order valence-corrected chi connectivity index (χ1v) is 8.03. The van der Waals surface area contributed by atoms with Gasteiger partial charge in [-0.05, 0) is 25.1 Å². The molecule has 29 heavy (non-hydrogen) atoms. The van der Waals surface area contributed by atoms with Gasteiger partial charge in [-0.15, -0.1) is 0 Å². The van der Waals surface area contributed by atoms with E-state index in [0.717, 1.165) is 0 Å². The molecule has 0 bridgehead atoms. The number of esters is 1. The van der Waals surface area contributed by atoms with Crippen LogP contribution in [0.4, 0.5) is 26.7 Å². The molecule has 0 spiro atoms. The molecule has 0 aliphatic carbocycles. The molecule has 1 aliphatic rings. The number of rotatable bonds is 6. The topological polar surface area (TPSA) is 85.9 Å². The third-order valence-electron chi connectivity index (χ3n) is 4.04. The molecule has 2 amide bonds. The summed E-state index contributed by atoms with van der Waals surface area (Å²) < 4.78 is 77.7. The summed E-state index contributed by atoms with van der Waals surface area (Å²) in [4.78, 5) is 24.3. The zero-order chi connectivity index (χ0) is 22.0. The van der Waals surface area contributed by atoms with Crippen LogP contribution in [0.15, 0.2) is 29.5 Å². The Hall–Kier alpha value is -3.05. The summed E-state index contributed by atoms with van der Waals surface area (Å²) in [5.41, 5.74) is -0.242. The van der Waals surface area contributed by atoms with Gasteiger partial charge in [-0.3, -0.25) is 0 Å². The molecule has 2 rings (SSSR count). The third-order valence-corrected chi connectivity index (χ3v) is 4.04. The molecule has 160 valence electrons. The van der Waals surface area contributed by atoms with E-state index in [-0.39, 0.29) is 22.6 Å². The van der Waals surface area contributed by atoms with Crippen LogP contribution in [-0.2, 0) is 9.53 Å². The van der Waals surface area contributed by atoms with Crippen LogP contribution < -0.4 is 20.1 Å². The Morgan fingerprint density at radius 2 is 1.79 bits per heavy atom. The van der Waals surface area contributed by atoms with E-state index < -0.39 is 36.7 Å². The Labute approximate surface area is 161 Å². The van der Waals surface area contributed by atoms with Crippen LogP contribution in [0.25, 0.3) is 0 Å². The highest BCUT2D eigenvalue weighted by atomic mass is 19.4. The van der Waals surface area contributed by atoms with Crippen LogP contribution in [-0.4, -0.2) is 44.9 Å². The maximum absolute atomic E-state index is 13.1. The fraction of sp³-hybridized carbons (Fsp3) is 0.412. The van der Waals surface area contributed by atoms with Gasteiger partial charge in [-0.25, -0.2) is 9.59 Å². The van der Waals surface area contributed by atoms with E-state index in [0.29, 0.717) is 5.75 Å². The van der Waals surface area contributed by atoms with E-state index in [1.807, 2.05) is 0 Å². The van der Waals surface area contributed by atoms with Crippen molar-refractivity contribution in [3.05, 3.63) is 35.0 Å². The number of amides is 2. The monoisotopic (exact) mass is 424 g/mol. The fourth-order valence-electron chi connectivity index (χ4n) is 2.58. The molecule has 12 heteroatoms. The predicted molar refractivity (Wildman–Crippen MR) is 88.6 cm³/mol. The van der Waals surface area contributed by atoms with Crippen LogP contribution in [0.1, 0.15) is 18.5 Å². The van der Waals surface area contributed by atoms with E-state index in [9.17, 15) is 31.5 Å². The normalized spacial score (nSPS) is 17.4. The number of urea groups is 1. The summed E-state index contributed by atoms with van der Waals surface area (Å²) >= 11 is 0. The number of halogens is 5. The largest absolute Gasteiger partial charge is 0.497 e. The fourth-order valence-corrected chi connectivity index (χ4v) is 2.58. The van der Waals surface area contributed by atoms with Crippen LogP contribution in [0, 0.1) is 0 Å². The lowest BCUT2D eigenvalue weighted by Gasteiger charge is -2.29. The van der Waals surface area contributed by atoms with E-state index >= 15 is 0 Å². The van der Waals surface area contributed by atoms with Gasteiger partial charge in [0.25, 0.3) is 0 Å². The molecule has 7 nitrogen and oxygen atoms in total. The van der Waals surface area contributed by atoms with Gasteiger partial charge in [0.05, 0.1) is 25.8 Å². The average Bonchev–Trinajstić information content (AvgIpc) is 2.64. The number of hydrogen-bond donors (Lipinski definition) is 2. The highest BCUT2D eigenvalue weighted by Gasteiger charge is 2.58. The quantitative estimate of drug-likeness (QED) is 0.542. The highest BCUT2D eigenvalue weighted by Crippen LogP contribution is 2.38. The molecular weight excluding hydrogens is 407 g/mol. The number of methoxy groups -OCH3 is 2. The van der Waals surface area contributed by atoms with E-state index in [1.54, 1.807) is 0 Å². The summed E-state index contributed by atoms with van der Waals surface area (Å²) in [6.45, 7) is -0.932. The maximum atomic E-state index is 13.1. The maximum Gasteiger partial charge on any atom is 0.456 e. The Morgan fingerprint density at radius 3 is 2.34 bits per heavy atom. The number of ether oxygens (including phenoxy) is 3. The summed E-state index contributed by atoms with van der Waals surface area (Å²) in [5.74, 6) is -6.17. The predicted octanol–water partition coefficient (Wildman–Crippen LogP) is 3.07. The van der Waals surface area contributed by atoms with Crippen LogP contribution in [0.2, 0.25) is 0 Å². The lowest BCUT2D eigenvalue weighted by molar-refractivity contribution is -0.293. The minimum Gasteiger partial charge on any atom is -0.497 e. The Balaban J connectivity index is 2.41.